The van der Waals surface area contributed by atoms with Crippen molar-refractivity contribution < 1.29 is 4.79 Å². The average Bonchev–Trinajstić information content (AvgIpc) is 2.48. The van der Waals surface area contributed by atoms with E-state index in [0.717, 1.165) is 12.1 Å². The van der Waals surface area contributed by atoms with E-state index in [1.54, 1.807) is 0 Å². The maximum absolute atomic E-state index is 12.3. The third-order valence-corrected chi connectivity index (χ3v) is 4.25. The van der Waals surface area contributed by atoms with Crippen molar-refractivity contribution in [3.05, 3.63) is 35.9 Å². The number of likely N-dealkylation sites (N-methyl/N-ethyl adjacent to an activating group) is 1. The molecule has 1 aliphatic rings. The zero-order valence-electron chi connectivity index (χ0n) is 12.4. The molecule has 1 amide bonds. The summed E-state index contributed by atoms with van der Waals surface area (Å²) in [5.74, 6) is 0.737. The number of hydrogen-bond acceptors (Lipinski definition) is 2. The molecule has 0 aromatic heterocycles. The molecule has 0 heterocycles. The molecular weight excluding hydrogens is 248 g/mol. The minimum atomic E-state index is -0.425. The number of nitrogens with zero attached hydrogens (tertiary/aromatic N) is 1. The number of rotatable bonds is 5. The second-order valence-corrected chi connectivity index (χ2v) is 6.02. The quantitative estimate of drug-likeness (QED) is 0.897. The molecule has 0 aliphatic heterocycles. The number of benzene rings is 1. The van der Waals surface area contributed by atoms with Crippen LogP contribution in [0.15, 0.2) is 30.3 Å². The summed E-state index contributed by atoms with van der Waals surface area (Å²) >= 11 is 0. The highest BCUT2D eigenvalue weighted by Crippen LogP contribution is 2.24. The first kappa shape index (κ1) is 15.0. The van der Waals surface area contributed by atoms with Crippen molar-refractivity contribution in [1.82, 2.24) is 4.90 Å². The van der Waals surface area contributed by atoms with Crippen molar-refractivity contribution in [2.24, 2.45) is 11.7 Å². The Bertz CT molecular complexity index is 412. The van der Waals surface area contributed by atoms with E-state index in [1.807, 2.05) is 42.3 Å². The van der Waals surface area contributed by atoms with Gasteiger partial charge in [-0.15, -0.1) is 0 Å². The smallest absolute Gasteiger partial charge is 0.239 e. The zero-order chi connectivity index (χ0) is 14.4. The third kappa shape index (κ3) is 4.34. The van der Waals surface area contributed by atoms with Crippen LogP contribution in [-0.4, -0.2) is 30.4 Å². The second kappa shape index (κ2) is 7.44. The van der Waals surface area contributed by atoms with Crippen LogP contribution in [0.3, 0.4) is 0 Å². The van der Waals surface area contributed by atoms with Crippen molar-refractivity contribution in [3.63, 3.8) is 0 Å². The summed E-state index contributed by atoms with van der Waals surface area (Å²) in [5, 5.41) is 0. The van der Waals surface area contributed by atoms with Gasteiger partial charge in [-0.1, -0.05) is 49.6 Å². The van der Waals surface area contributed by atoms with Gasteiger partial charge in [0.25, 0.3) is 0 Å². The summed E-state index contributed by atoms with van der Waals surface area (Å²) in [7, 11) is 1.89. The Morgan fingerprint density at radius 1 is 1.25 bits per heavy atom. The lowest BCUT2D eigenvalue weighted by molar-refractivity contribution is -0.132. The number of carbonyl (C=O) groups excluding carboxylic acids is 1. The summed E-state index contributed by atoms with van der Waals surface area (Å²) in [6.07, 6.45) is 7.10. The van der Waals surface area contributed by atoms with E-state index >= 15 is 0 Å². The highest BCUT2D eigenvalue weighted by Gasteiger charge is 2.22. The molecule has 3 nitrogen and oxygen atoms in total. The molecule has 2 rings (SSSR count). The van der Waals surface area contributed by atoms with Gasteiger partial charge in [0.2, 0.25) is 5.91 Å². The molecule has 2 N–H and O–H groups in total. The van der Waals surface area contributed by atoms with E-state index < -0.39 is 6.04 Å². The Morgan fingerprint density at radius 2 is 1.90 bits per heavy atom. The lowest BCUT2D eigenvalue weighted by Gasteiger charge is -2.28. The van der Waals surface area contributed by atoms with Gasteiger partial charge >= 0.3 is 0 Å². The zero-order valence-corrected chi connectivity index (χ0v) is 12.4. The Hall–Kier alpha value is -1.35. The largest absolute Gasteiger partial charge is 0.344 e. The van der Waals surface area contributed by atoms with Gasteiger partial charge in [-0.3, -0.25) is 4.79 Å². The van der Waals surface area contributed by atoms with Gasteiger partial charge in [-0.05, 0) is 30.7 Å². The van der Waals surface area contributed by atoms with E-state index in [-0.39, 0.29) is 5.91 Å². The third-order valence-electron chi connectivity index (χ3n) is 4.25. The SMILES string of the molecule is CN(CC1CCCCC1)C(=O)C(N)Cc1ccccc1. The van der Waals surface area contributed by atoms with Gasteiger partial charge in [-0.2, -0.15) is 0 Å². The van der Waals surface area contributed by atoms with Gasteiger partial charge in [0.05, 0.1) is 6.04 Å². The van der Waals surface area contributed by atoms with E-state index in [0.29, 0.717) is 12.3 Å². The second-order valence-electron chi connectivity index (χ2n) is 6.02. The average molecular weight is 274 g/mol. The van der Waals surface area contributed by atoms with E-state index in [9.17, 15) is 4.79 Å². The minimum absolute atomic E-state index is 0.0689. The normalized spacial score (nSPS) is 17.7. The standard InChI is InChI=1S/C17H26N2O/c1-19(13-15-10-6-3-7-11-15)17(20)16(18)12-14-8-4-2-5-9-14/h2,4-5,8-9,15-16H,3,6-7,10-13,18H2,1H3. The Balaban J connectivity index is 1.82. The first-order chi connectivity index (χ1) is 9.66. The molecule has 110 valence electrons. The van der Waals surface area contributed by atoms with Crippen molar-refractivity contribution in [2.75, 3.05) is 13.6 Å². The highest BCUT2D eigenvalue weighted by molar-refractivity contribution is 5.81. The van der Waals surface area contributed by atoms with Crippen molar-refractivity contribution >= 4 is 5.91 Å². The molecule has 1 aromatic carbocycles. The molecule has 1 unspecified atom stereocenters. The molecular formula is C17H26N2O. The Labute approximate surface area is 122 Å². The van der Waals surface area contributed by atoms with Crippen LogP contribution in [0.4, 0.5) is 0 Å². The van der Waals surface area contributed by atoms with E-state index in [4.69, 9.17) is 5.73 Å². The number of amides is 1. The summed E-state index contributed by atoms with van der Waals surface area (Å²) in [6.45, 7) is 0.862. The highest BCUT2D eigenvalue weighted by atomic mass is 16.2. The molecule has 20 heavy (non-hydrogen) atoms. The van der Waals surface area contributed by atoms with Gasteiger partial charge in [0.1, 0.15) is 0 Å². The van der Waals surface area contributed by atoms with Gasteiger partial charge in [-0.25, -0.2) is 0 Å². The summed E-state index contributed by atoms with van der Waals surface area (Å²) < 4.78 is 0. The number of hydrogen-bond donors (Lipinski definition) is 1. The number of carbonyl (C=O) groups is 1. The van der Waals surface area contributed by atoms with Gasteiger partial charge < -0.3 is 10.6 Å². The number of nitrogens with two attached hydrogens (primary N) is 1. The lowest BCUT2D eigenvalue weighted by atomic mass is 9.89. The predicted molar refractivity (Wildman–Crippen MR) is 82.3 cm³/mol. The molecule has 1 saturated carbocycles. The topological polar surface area (TPSA) is 46.3 Å². The van der Waals surface area contributed by atoms with Gasteiger partial charge in [0, 0.05) is 13.6 Å². The first-order valence-corrected chi connectivity index (χ1v) is 7.71. The monoisotopic (exact) mass is 274 g/mol. The maximum Gasteiger partial charge on any atom is 0.239 e. The van der Waals surface area contributed by atoms with Crippen LogP contribution in [0.25, 0.3) is 0 Å². The van der Waals surface area contributed by atoms with Crippen LogP contribution in [0.1, 0.15) is 37.7 Å². The summed E-state index contributed by atoms with van der Waals surface area (Å²) in [5.41, 5.74) is 7.19. The van der Waals surface area contributed by atoms with E-state index in [2.05, 4.69) is 0 Å². The lowest BCUT2D eigenvalue weighted by Crippen LogP contribution is -2.44. The fraction of sp³-hybridized carbons (Fsp3) is 0.588. The molecule has 1 fully saturated rings. The van der Waals surface area contributed by atoms with Crippen LogP contribution in [0.2, 0.25) is 0 Å². The molecule has 1 aliphatic carbocycles. The summed E-state index contributed by atoms with van der Waals surface area (Å²) in [4.78, 5) is 14.2. The minimum Gasteiger partial charge on any atom is -0.344 e. The summed E-state index contributed by atoms with van der Waals surface area (Å²) in [6, 6.07) is 9.57. The predicted octanol–water partition coefficient (Wildman–Crippen LogP) is 2.60. The fourth-order valence-corrected chi connectivity index (χ4v) is 3.09. The molecule has 0 saturated heterocycles. The molecule has 0 bridgehead atoms. The molecule has 0 radical (unpaired) electrons. The van der Waals surface area contributed by atoms with Gasteiger partial charge in [0.15, 0.2) is 0 Å². The van der Waals surface area contributed by atoms with E-state index in [1.165, 1.54) is 32.1 Å². The molecule has 3 heteroatoms. The van der Waals surface area contributed by atoms with Crippen LogP contribution in [0, 0.1) is 5.92 Å². The molecule has 1 atom stereocenters. The fourth-order valence-electron chi connectivity index (χ4n) is 3.09. The first-order valence-electron chi connectivity index (χ1n) is 7.71. The van der Waals surface area contributed by atoms with Crippen molar-refractivity contribution in [1.29, 1.82) is 0 Å². The molecule has 1 aromatic rings. The van der Waals surface area contributed by atoms with Crippen LogP contribution >= 0.6 is 0 Å². The Kier molecular flexibility index (Phi) is 5.60. The van der Waals surface area contributed by atoms with Crippen LogP contribution < -0.4 is 5.73 Å². The van der Waals surface area contributed by atoms with Crippen molar-refractivity contribution in [2.45, 2.75) is 44.6 Å². The maximum atomic E-state index is 12.3. The van der Waals surface area contributed by atoms with Crippen LogP contribution in [-0.2, 0) is 11.2 Å². The van der Waals surface area contributed by atoms with Crippen LogP contribution in [0.5, 0.6) is 0 Å². The van der Waals surface area contributed by atoms with Crippen molar-refractivity contribution in [3.8, 4) is 0 Å². The Morgan fingerprint density at radius 3 is 2.55 bits per heavy atom. The molecule has 0 spiro atoms.